The van der Waals surface area contributed by atoms with Gasteiger partial charge in [-0.05, 0) is 24.6 Å². The number of carbonyl (C=O) groups is 1. The number of hydrogen-bond acceptors (Lipinski definition) is 3. The van der Waals surface area contributed by atoms with E-state index in [1.165, 1.54) is 4.90 Å². The Hall–Kier alpha value is -1.85. The van der Waals surface area contributed by atoms with Crippen molar-refractivity contribution >= 4 is 21.8 Å². The van der Waals surface area contributed by atoms with Crippen LogP contribution < -0.4 is 0 Å². The molecule has 0 aromatic heterocycles. The van der Waals surface area contributed by atoms with Crippen molar-refractivity contribution in [1.82, 2.24) is 4.90 Å². The molecule has 0 fully saturated rings. The Morgan fingerprint density at radius 2 is 1.94 bits per heavy atom. The number of nitrogens with zero attached hydrogens (tertiary/aromatic N) is 3. The van der Waals surface area contributed by atoms with Crippen LogP contribution in [0.4, 0.5) is 0 Å². The van der Waals surface area contributed by atoms with Crippen molar-refractivity contribution in [1.29, 1.82) is 10.5 Å². The molecule has 0 bridgehead atoms. The summed E-state index contributed by atoms with van der Waals surface area (Å²) in [5, 5.41) is 17.2. The van der Waals surface area contributed by atoms with Crippen LogP contribution in [0.2, 0.25) is 0 Å². The highest BCUT2D eigenvalue weighted by Gasteiger charge is 2.15. The Labute approximate surface area is 108 Å². The van der Waals surface area contributed by atoms with Gasteiger partial charge in [-0.15, -0.1) is 0 Å². The molecule has 17 heavy (non-hydrogen) atoms. The Balaban J connectivity index is 2.98. The molecule has 0 aliphatic heterocycles. The zero-order valence-electron chi connectivity index (χ0n) is 9.27. The number of hydrogen-bond donors (Lipinski definition) is 0. The molecule has 0 radical (unpaired) electrons. The second-order valence-electron chi connectivity index (χ2n) is 3.44. The molecule has 1 aromatic carbocycles. The Kier molecular flexibility index (Phi) is 4.68. The first kappa shape index (κ1) is 13.2. The molecule has 0 N–H and O–H groups in total. The van der Waals surface area contributed by atoms with Crippen molar-refractivity contribution in [2.24, 2.45) is 0 Å². The summed E-state index contributed by atoms with van der Waals surface area (Å²) < 4.78 is 0.831. The van der Waals surface area contributed by atoms with E-state index in [1.807, 2.05) is 25.1 Å². The van der Waals surface area contributed by atoms with Gasteiger partial charge in [0.15, 0.2) is 0 Å². The molecule has 0 heterocycles. The Morgan fingerprint density at radius 3 is 2.41 bits per heavy atom. The maximum absolute atomic E-state index is 12.0. The average Bonchev–Trinajstić information content (AvgIpc) is 2.31. The highest BCUT2D eigenvalue weighted by molar-refractivity contribution is 9.10. The van der Waals surface area contributed by atoms with E-state index in [-0.39, 0.29) is 19.0 Å². The lowest BCUT2D eigenvalue weighted by Crippen LogP contribution is -2.31. The maximum Gasteiger partial charge on any atom is 0.255 e. The van der Waals surface area contributed by atoms with Gasteiger partial charge in [0.1, 0.15) is 13.1 Å². The summed E-state index contributed by atoms with van der Waals surface area (Å²) in [6.45, 7) is 1.75. The van der Waals surface area contributed by atoms with Crippen molar-refractivity contribution in [2.75, 3.05) is 13.1 Å². The molecule has 1 amide bonds. The fourth-order valence-corrected chi connectivity index (χ4v) is 1.66. The van der Waals surface area contributed by atoms with E-state index in [2.05, 4.69) is 15.9 Å². The van der Waals surface area contributed by atoms with Gasteiger partial charge in [-0.25, -0.2) is 0 Å². The zero-order chi connectivity index (χ0) is 12.8. The molecule has 0 aliphatic carbocycles. The zero-order valence-corrected chi connectivity index (χ0v) is 10.9. The molecule has 1 aromatic rings. The van der Waals surface area contributed by atoms with Gasteiger partial charge < -0.3 is 4.90 Å². The SMILES string of the molecule is Cc1ccc(C(=O)N(CC#N)CC#N)cc1Br. The smallest absolute Gasteiger partial charge is 0.255 e. The minimum absolute atomic E-state index is 0.0854. The molecule has 0 spiro atoms. The van der Waals surface area contributed by atoms with E-state index >= 15 is 0 Å². The first-order valence-electron chi connectivity index (χ1n) is 4.89. The van der Waals surface area contributed by atoms with Crippen molar-refractivity contribution in [3.8, 4) is 12.1 Å². The van der Waals surface area contributed by atoms with Gasteiger partial charge >= 0.3 is 0 Å². The maximum atomic E-state index is 12.0. The second-order valence-corrected chi connectivity index (χ2v) is 4.30. The molecule has 0 atom stereocenters. The predicted octanol–water partition coefficient (Wildman–Crippen LogP) is 2.25. The van der Waals surface area contributed by atoms with Crippen molar-refractivity contribution in [3.63, 3.8) is 0 Å². The minimum Gasteiger partial charge on any atom is -0.312 e. The highest BCUT2D eigenvalue weighted by atomic mass is 79.9. The number of amides is 1. The molecule has 1 rings (SSSR count). The van der Waals surface area contributed by atoms with E-state index in [9.17, 15) is 4.79 Å². The third-order valence-corrected chi connectivity index (χ3v) is 3.08. The molecule has 0 saturated carbocycles. The van der Waals surface area contributed by atoms with Crippen molar-refractivity contribution in [2.45, 2.75) is 6.92 Å². The Bertz CT molecular complexity index is 497. The van der Waals surface area contributed by atoms with Crippen LogP contribution in [-0.4, -0.2) is 23.9 Å². The fraction of sp³-hybridized carbons (Fsp3) is 0.250. The monoisotopic (exact) mass is 291 g/mol. The van der Waals surface area contributed by atoms with Crippen LogP contribution >= 0.6 is 15.9 Å². The van der Waals surface area contributed by atoms with Crippen molar-refractivity contribution in [3.05, 3.63) is 33.8 Å². The van der Waals surface area contributed by atoms with E-state index < -0.39 is 0 Å². The first-order valence-corrected chi connectivity index (χ1v) is 5.68. The molecule has 0 saturated heterocycles. The van der Waals surface area contributed by atoms with Gasteiger partial charge in [0, 0.05) is 10.0 Å². The van der Waals surface area contributed by atoms with Gasteiger partial charge in [0.2, 0.25) is 0 Å². The molecule has 5 heteroatoms. The summed E-state index contributed by atoms with van der Waals surface area (Å²) in [5.74, 6) is -0.311. The van der Waals surface area contributed by atoms with Gasteiger partial charge in [0.25, 0.3) is 5.91 Å². The lowest BCUT2D eigenvalue weighted by atomic mass is 10.1. The van der Waals surface area contributed by atoms with Gasteiger partial charge in [-0.3, -0.25) is 4.79 Å². The highest BCUT2D eigenvalue weighted by Crippen LogP contribution is 2.18. The lowest BCUT2D eigenvalue weighted by molar-refractivity contribution is 0.0794. The number of carbonyl (C=O) groups excluding carboxylic acids is 1. The summed E-state index contributed by atoms with van der Waals surface area (Å²) >= 11 is 3.34. The van der Waals surface area contributed by atoms with Crippen LogP contribution in [0.5, 0.6) is 0 Å². The predicted molar refractivity (Wildman–Crippen MR) is 66.0 cm³/mol. The van der Waals surface area contributed by atoms with Gasteiger partial charge in [-0.2, -0.15) is 10.5 Å². The summed E-state index contributed by atoms with van der Waals surface area (Å²) in [5.41, 5.74) is 1.49. The van der Waals surface area contributed by atoms with E-state index in [4.69, 9.17) is 10.5 Å². The van der Waals surface area contributed by atoms with Crippen LogP contribution in [0.1, 0.15) is 15.9 Å². The Morgan fingerprint density at radius 1 is 1.35 bits per heavy atom. The molecular formula is C12H10BrN3O. The summed E-state index contributed by atoms with van der Waals surface area (Å²) in [6.07, 6.45) is 0. The van der Waals surface area contributed by atoms with E-state index in [1.54, 1.807) is 12.1 Å². The number of aryl methyl sites for hydroxylation is 1. The molecular weight excluding hydrogens is 282 g/mol. The summed E-state index contributed by atoms with van der Waals surface area (Å²) in [7, 11) is 0. The van der Waals surface area contributed by atoms with E-state index in [0.717, 1.165) is 10.0 Å². The van der Waals surface area contributed by atoms with Crippen LogP contribution in [-0.2, 0) is 0 Å². The number of halogens is 1. The third-order valence-electron chi connectivity index (χ3n) is 2.23. The largest absolute Gasteiger partial charge is 0.312 e. The lowest BCUT2D eigenvalue weighted by Gasteiger charge is -2.16. The number of nitriles is 2. The summed E-state index contributed by atoms with van der Waals surface area (Å²) in [6, 6.07) is 8.94. The molecule has 86 valence electrons. The van der Waals surface area contributed by atoms with Crippen LogP contribution in [0, 0.1) is 29.6 Å². The first-order chi connectivity index (χ1) is 8.10. The molecule has 4 nitrogen and oxygen atoms in total. The third kappa shape index (κ3) is 3.30. The van der Waals surface area contributed by atoms with Crippen LogP contribution in [0.3, 0.4) is 0 Å². The fourth-order valence-electron chi connectivity index (χ4n) is 1.28. The number of rotatable bonds is 3. The average molecular weight is 292 g/mol. The van der Waals surface area contributed by atoms with Gasteiger partial charge in [-0.1, -0.05) is 22.0 Å². The molecule has 0 unspecified atom stereocenters. The second kappa shape index (κ2) is 6.03. The van der Waals surface area contributed by atoms with Crippen LogP contribution in [0.25, 0.3) is 0 Å². The summed E-state index contributed by atoms with van der Waals surface area (Å²) in [4.78, 5) is 13.2. The standard InChI is InChI=1S/C12H10BrN3O/c1-9-2-3-10(8-11(9)13)12(17)16(6-4-14)7-5-15/h2-3,8H,6-7H2,1H3. The quantitative estimate of drug-likeness (QED) is 0.802. The van der Waals surface area contributed by atoms with E-state index in [0.29, 0.717) is 5.56 Å². The normalized spacial score (nSPS) is 9.18. The van der Waals surface area contributed by atoms with Crippen molar-refractivity contribution < 1.29 is 4.79 Å². The number of benzene rings is 1. The minimum atomic E-state index is -0.311. The van der Waals surface area contributed by atoms with Gasteiger partial charge in [0.05, 0.1) is 12.1 Å². The van der Waals surface area contributed by atoms with Crippen LogP contribution in [0.15, 0.2) is 22.7 Å². The molecule has 0 aliphatic rings. The topological polar surface area (TPSA) is 67.9 Å².